The van der Waals surface area contributed by atoms with Crippen LogP contribution in [0.2, 0.25) is 5.02 Å². The molecule has 1 aliphatic carbocycles. The van der Waals surface area contributed by atoms with Gasteiger partial charge in [0.15, 0.2) is 0 Å². The zero-order valence-electron chi connectivity index (χ0n) is 20.7. The predicted molar refractivity (Wildman–Crippen MR) is 138 cm³/mol. The summed E-state index contributed by atoms with van der Waals surface area (Å²) in [4.78, 5) is 36.0. The van der Waals surface area contributed by atoms with E-state index in [0.29, 0.717) is 43.5 Å². The minimum Gasteiger partial charge on any atom is -0.370 e. The number of carbonyl (C=O) groups excluding carboxylic acids is 2. The molecule has 10 heteroatoms. The Kier molecular flexibility index (Phi) is 7.15. The molecule has 3 aromatic rings. The van der Waals surface area contributed by atoms with Gasteiger partial charge >= 0.3 is 0 Å². The Morgan fingerprint density at radius 2 is 1.89 bits per heavy atom. The summed E-state index contributed by atoms with van der Waals surface area (Å²) in [6.07, 6.45) is 2.52. The SMILES string of the molecule is Cc1ccc(C2(O)C(=O)N(C[C@H]3CC[C@H](NC(=O)c4cc(Cl)cnc4C(F)F)CC3)c3ccccc32)nc1. The average molecular weight is 541 g/mol. The zero-order valence-corrected chi connectivity index (χ0v) is 21.5. The first-order chi connectivity index (χ1) is 18.2. The fraction of sp³-hybridized carbons (Fsp3) is 0.357. The molecule has 198 valence electrons. The first-order valence-corrected chi connectivity index (χ1v) is 12.9. The number of pyridine rings is 2. The average Bonchev–Trinajstić information content (AvgIpc) is 3.12. The van der Waals surface area contributed by atoms with E-state index in [1.165, 1.54) is 6.07 Å². The van der Waals surface area contributed by atoms with Crippen LogP contribution in [0, 0.1) is 12.8 Å². The number of halogens is 3. The number of nitrogens with zero attached hydrogens (tertiary/aromatic N) is 3. The van der Waals surface area contributed by atoms with Crippen molar-refractivity contribution < 1.29 is 23.5 Å². The van der Waals surface area contributed by atoms with Crippen molar-refractivity contribution in [3.05, 3.63) is 88.0 Å². The summed E-state index contributed by atoms with van der Waals surface area (Å²) in [5.41, 5.74) is -0.302. The van der Waals surface area contributed by atoms with Crippen LogP contribution in [0.4, 0.5) is 14.5 Å². The molecule has 0 radical (unpaired) electrons. The lowest BCUT2D eigenvalue weighted by atomic mass is 9.85. The first kappa shape index (κ1) is 26.2. The fourth-order valence-electron chi connectivity index (χ4n) is 5.36. The Morgan fingerprint density at radius 1 is 1.16 bits per heavy atom. The second-order valence-corrected chi connectivity index (χ2v) is 10.4. The van der Waals surface area contributed by atoms with Gasteiger partial charge in [-0.3, -0.25) is 19.6 Å². The Balaban J connectivity index is 1.26. The summed E-state index contributed by atoms with van der Waals surface area (Å²) in [6, 6.07) is 11.7. The molecule has 38 heavy (non-hydrogen) atoms. The third-order valence-electron chi connectivity index (χ3n) is 7.38. The smallest absolute Gasteiger partial charge is 0.281 e. The summed E-state index contributed by atoms with van der Waals surface area (Å²) in [6.45, 7) is 2.30. The van der Waals surface area contributed by atoms with Crippen molar-refractivity contribution in [1.82, 2.24) is 15.3 Å². The molecule has 2 aliphatic rings. The number of aliphatic hydroxyl groups is 1. The van der Waals surface area contributed by atoms with Gasteiger partial charge in [-0.15, -0.1) is 0 Å². The van der Waals surface area contributed by atoms with Gasteiger partial charge < -0.3 is 15.3 Å². The largest absolute Gasteiger partial charge is 0.370 e. The fourth-order valence-corrected chi connectivity index (χ4v) is 5.52. The van der Waals surface area contributed by atoms with Gasteiger partial charge in [0, 0.05) is 30.5 Å². The standard InChI is InChI=1S/C28H27ClF2N4O3/c1-16-6-11-23(32-13-16)28(38)21-4-2-3-5-22(21)35(27(28)37)15-17-7-9-19(10-8-17)34-26(36)20-12-18(29)14-33-24(20)25(30)31/h2-6,11-14,17,19,25,38H,7-10,15H2,1H3,(H,34,36)/t17-,19-,28?. The van der Waals surface area contributed by atoms with Gasteiger partial charge in [-0.25, -0.2) is 8.78 Å². The second kappa shape index (κ2) is 10.4. The van der Waals surface area contributed by atoms with Crippen molar-refractivity contribution >= 4 is 29.1 Å². The molecule has 1 unspecified atom stereocenters. The molecule has 3 heterocycles. The van der Waals surface area contributed by atoms with Crippen LogP contribution in [0.1, 0.15) is 65.0 Å². The Morgan fingerprint density at radius 3 is 2.58 bits per heavy atom. The van der Waals surface area contributed by atoms with Crippen LogP contribution in [0.25, 0.3) is 0 Å². The maximum atomic E-state index is 13.6. The van der Waals surface area contributed by atoms with Crippen LogP contribution in [-0.2, 0) is 10.4 Å². The summed E-state index contributed by atoms with van der Waals surface area (Å²) in [5, 5.41) is 14.6. The minimum atomic E-state index is -2.89. The van der Waals surface area contributed by atoms with Gasteiger partial charge in [-0.05, 0) is 62.3 Å². The van der Waals surface area contributed by atoms with E-state index in [-0.39, 0.29) is 28.2 Å². The number of para-hydroxylation sites is 1. The van der Waals surface area contributed by atoms with Crippen LogP contribution in [0.5, 0.6) is 0 Å². The van der Waals surface area contributed by atoms with Gasteiger partial charge in [0.1, 0.15) is 5.69 Å². The van der Waals surface area contributed by atoms with E-state index in [0.717, 1.165) is 11.8 Å². The number of aryl methyl sites for hydroxylation is 1. The monoisotopic (exact) mass is 540 g/mol. The number of fused-ring (bicyclic) bond motifs is 1. The third-order valence-corrected chi connectivity index (χ3v) is 7.59. The summed E-state index contributed by atoms with van der Waals surface area (Å²) < 4.78 is 26.6. The lowest BCUT2D eigenvalue weighted by Gasteiger charge is -2.32. The number of hydrogen-bond acceptors (Lipinski definition) is 5. The van der Waals surface area contributed by atoms with Crippen molar-refractivity contribution in [1.29, 1.82) is 0 Å². The number of carbonyl (C=O) groups is 2. The maximum Gasteiger partial charge on any atom is 0.281 e. The summed E-state index contributed by atoms with van der Waals surface area (Å²) >= 11 is 5.88. The molecule has 0 bridgehead atoms. The molecule has 1 fully saturated rings. The number of amides is 2. The molecule has 2 amide bonds. The van der Waals surface area contributed by atoms with Crippen LogP contribution in [-0.4, -0.2) is 39.5 Å². The molecule has 7 nitrogen and oxygen atoms in total. The first-order valence-electron chi connectivity index (χ1n) is 12.5. The summed E-state index contributed by atoms with van der Waals surface area (Å²) in [5.74, 6) is -0.922. The maximum absolute atomic E-state index is 13.6. The van der Waals surface area contributed by atoms with Crippen molar-refractivity contribution in [3.8, 4) is 0 Å². The zero-order chi connectivity index (χ0) is 27.0. The lowest BCUT2D eigenvalue weighted by molar-refractivity contribution is -0.132. The quantitative estimate of drug-likeness (QED) is 0.461. The molecule has 1 atom stereocenters. The van der Waals surface area contributed by atoms with E-state index in [2.05, 4.69) is 15.3 Å². The van der Waals surface area contributed by atoms with E-state index in [1.54, 1.807) is 29.3 Å². The van der Waals surface area contributed by atoms with Gasteiger partial charge in [-0.1, -0.05) is 35.9 Å². The molecule has 0 saturated heterocycles. The van der Waals surface area contributed by atoms with Gasteiger partial charge in [0.2, 0.25) is 5.60 Å². The Hall–Kier alpha value is -3.43. The highest BCUT2D eigenvalue weighted by atomic mass is 35.5. The second-order valence-electron chi connectivity index (χ2n) is 9.94. The van der Waals surface area contributed by atoms with Crippen LogP contribution < -0.4 is 10.2 Å². The normalized spacial score (nSPS) is 23.0. The predicted octanol–water partition coefficient (Wildman–Crippen LogP) is 4.95. The topological polar surface area (TPSA) is 95.4 Å². The van der Waals surface area contributed by atoms with Crippen LogP contribution in [0.15, 0.2) is 54.9 Å². The summed E-state index contributed by atoms with van der Waals surface area (Å²) in [7, 11) is 0. The van der Waals surface area contributed by atoms with Gasteiger partial charge in [0.05, 0.1) is 22.0 Å². The molecular weight excluding hydrogens is 514 g/mol. The molecule has 5 rings (SSSR count). The van der Waals surface area contributed by atoms with E-state index >= 15 is 0 Å². The molecular formula is C28H27ClF2N4O3. The Bertz CT molecular complexity index is 1360. The van der Waals surface area contributed by atoms with Crippen molar-refractivity contribution in [2.45, 2.75) is 50.7 Å². The van der Waals surface area contributed by atoms with E-state index in [4.69, 9.17) is 11.6 Å². The number of aromatic nitrogens is 2. The molecule has 1 aliphatic heterocycles. The van der Waals surface area contributed by atoms with Gasteiger partial charge in [0.25, 0.3) is 18.2 Å². The van der Waals surface area contributed by atoms with Crippen LogP contribution >= 0.6 is 11.6 Å². The minimum absolute atomic E-state index is 0.111. The molecule has 1 saturated carbocycles. The highest BCUT2D eigenvalue weighted by molar-refractivity contribution is 6.30. The molecule has 1 aromatic carbocycles. The van der Waals surface area contributed by atoms with Crippen molar-refractivity contribution in [2.24, 2.45) is 5.92 Å². The highest BCUT2D eigenvalue weighted by Gasteiger charge is 2.52. The number of nitrogens with one attached hydrogen (secondary N) is 1. The van der Waals surface area contributed by atoms with Crippen LogP contribution in [0.3, 0.4) is 0 Å². The van der Waals surface area contributed by atoms with E-state index in [1.807, 2.05) is 25.1 Å². The van der Waals surface area contributed by atoms with E-state index < -0.39 is 29.5 Å². The molecule has 0 spiro atoms. The van der Waals surface area contributed by atoms with Crippen molar-refractivity contribution in [2.75, 3.05) is 11.4 Å². The number of alkyl halides is 2. The molecule has 2 N–H and O–H groups in total. The lowest BCUT2D eigenvalue weighted by Crippen LogP contribution is -2.45. The van der Waals surface area contributed by atoms with E-state index in [9.17, 15) is 23.5 Å². The Labute approximate surface area is 223 Å². The number of rotatable bonds is 6. The van der Waals surface area contributed by atoms with Gasteiger partial charge in [-0.2, -0.15) is 0 Å². The van der Waals surface area contributed by atoms with Crippen molar-refractivity contribution in [3.63, 3.8) is 0 Å². The third kappa shape index (κ3) is 4.76. The number of hydrogen-bond donors (Lipinski definition) is 2. The molecule has 2 aromatic heterocycles. The number of benzene rings is 1. The number of anilines is 1. The highest BCUT2D eigenvalue weighted by Crippen LogP contribution is 2.44.